The highest BCUT2D eigenvalue weighted by molar-refractivity contribution is 5.30. The molecular formula is C18H24FN3O. The Labute approximate surface area is 136 Å². The third-order valence-electron chi connectivity index (χ3n) is 4.88. The Kier molecular flexibility index (Phi) is 4.50. The molecule has 0 radical (unpaired) electrons. The number of likely N-dealkylation sites (tertiary alicyclic amines) is 1. The monoisotopic (exact) mass is 317 g/mol. The number of H-pyrrole nitrogens is 1. The van der Waals surface area contributed by atoms with E-state index in [1.54, 1.807) is 6.07 Å². The van der Waals surface area contributed by atoms with Crippen molar-refractivity contribution in [2.45, 2.75) is 45.8 Å². The van der Waals surface area contributed by atoms with Gasteiger partial charge in [0.1, 0.15) is 5.82 Å². The molecule has 1 fully saturated rings. The fourth-order valence-electron chi connectivity index (χ4n) is 3.76. The van der Waals surface area contributed by atoms with Gasteiger partial charge in [-0.2, -0.15) is 5.10 Å². The second kappa shape index (κ2) is 6.42. The summed E-state index contributed by atoms with van der Waals surface area (Å²) in [6.07, 6.45) is 1.59. The van der Waals surface area contributed by atoms with Gasteiger partial charge in [-0.3, -0.25) is 10.00 Å². The summed E-state index contributed by atoms with van der Waals surface area (Å²) >= 11 is 0. The van der Waals surface area contributed by atoms with Gasteiger partial charge in [0.2, 0.25) is 0 Å². The molecule has 4 nitrogen and oxygen atoms in total. The maximum atomic E-state index is 13.3. The van der Waals surface area contributed by atoms with E-state index in [2.05, 4.69) is 15.1 Å². The normalized spacial score (nSPS) is 20.1. The van der Waals surface area contributed by atoms with Crippen LogP contribution in [0.4, 0.5) is 4.39 Å². The summed E-state index contributed by atoms with van der Waals surface area (Å²) in [6, 6.07) is 4.88. The van der Waals surface area contributed by atoms with Crippen molar-refractivity contribution in [1.29, 1.82) is 0 Å². The summed E-state index contributed by atoms with van der Waals surface area (Å²) < 4.78 is 13.3. The van der Waals surface area contributed by atoms with Crippen molar-refractivity contribution in [2.24, 2.45) is 0 Å². The lowest BCUT2D eigenvalue weighted by molar-refractivity contribution is 0.105. The number of hydrogen-bond acceptors (Lipinski definition) is 3. The quantitative estimate of drug-likeness (QED) is 0.909. The van der Waals surface area contributed by atoms with E-state index in [0.717, 1.165) is 41.9 Å². The number of aromatic nitrogens is 2. The predicted molar refractivity (Wildman–Crippen MR) is 87.7 cm³/mol. The number of nitrogens with one attached hydrogen (secondary N) is 1. The van der Waals surface area contributed by atoms with Gasteiger partial charge in [-0.05, 0) is 63.4 Å². The first-order chi connectivity index (χ1) is 11.0. The number of aliphatic hydroxyl groups is 1. The van der Waals surface area contributed by atoms with Crippen LogP contribution in [0.3, 0.4) is 0 Å². The second-order valence-corrected chi connectivity index (χ2v) is 6.52. The molecule has 5 heteroatoms. The minimum absolute atomic E-state index is 0.262. The van der Waals surface area contributed by atoms with E-state index in [9.17, 15) is 9.50 Å². The Morgan fingerprint density at radius 2 is 2.17 bits per heavy atom. The van der Waals surface area contributed by atoms with Crippen molar-refractivity contribution < 1.29 is 9.50 Å². The van der Waals surface area contributed by atoms with E-state index in [4.69, 9.17) is 0 Å². The first-order valence-corrected chi connectivity index (χ1v) is 8.17. The Morgan fingerprint density at radius 1 is 1.39 bits per heavy atom. The summed E-state index contributed by atoms with van der Waals surface area (Å²) in [5.41, 5.74) is 4.99. The molecule has 0 spiro atoms. The molecule has 2 unspecified atom stereocenters. The van der Waals surface area contributed by atoms with Gasteiger partial charge >= 0.3 is 0 Å². The molecule has 0 saturated carbocycles. The molecule has 0 bridgehead atoms. The third kappa shape index (κ3) is 3.16. The van der Waals surface area contributed by atoms with Crippen LogP contribution in [-0.4, -0.2) is 33.3 Å². The lowest BCUT2D eigenvalue weighted by Crippen LogP contribution is -2.29. The minimum atomic E-state index is -0.608. The molecule has 2 aromatic rings. The maximum absolute atomic E-state index is 13.3. The van der Waals surface area contributed by atoms with Crippen LogP contribution in [0.15, 0.2) is 18.2 Å². The number of halogens is 1. The number of aromatic amines is 1. The molecule has 23 heavy (non-hydrogen) atoms. The lowest BCUT2D eigenvalue weighted by Gasteiger charge is -2.28. The molecule has 1 aliphatic rings. The van der Waals surface area contributed by atoms with Crippen LogP contribution in [0.25, 0.3) is 0 Å². The largest absolute Gasteiger partial charge is 0.387 e. The van der Waals surface area contributed by atoms with Gasteiger partial charge in [-0.1, -0.05) is 6.07 Å². The zero-order chi connectivity index (χ0) is 16.6. The Hall–Kier alpha value is -1.72. The van der Waals surface area contributed by atoms with Gasteiger partial charge in [0.25, 0.3) is 0 Å². The molecule has 2 heterocycles. The number of rotatable bonds is 4. The van der Waals surface area contributed by atoms with Crippen LogP contribution in [0.2, 0.25) is 0 Å². The van der Waals surface area contributed by atoms with Crippen LogP contribution < -0.4 is 0 Å². The molecule has 2 N–H and O–H groups in total. The van der Waals surface area contributed by atoms with Gasteiger partial charge in [-0.25, -0.2) is 4.39 Å². The molecule has 1 saturated heterocycles. The summed E-state index contributed by atoms with van der Waals surface area (Å²) in [7, 11) is 0. The van der Waals surface area contributed by atoms with E-state index in [-0.39, 0.29) is 5.82 Å². The van der Waals surface area contributed by atoms with Crippen molar-refractivity contribution in [3.05, 3.63) is 52.1 Å². The molecule has 2 atom stereocenters. The van der Waals surface area contributed by atoms with Crippen LogP contribution in [0.1, 0.15) is 53.1 Å². The van der Waals surface area contributed by atoms with E-state index < -0.39 is 6.10 Å². The number of benzene rings is 1. The fourth-order valence-corrected chi connectivity index (χ4v) is 3.76. The van der Waals surface area contributed by atoms with Gasteiger partial charge in [0, 0.05) is 23.8 Å². The number of hydrogen-bond donors (Lipinski definition) is 2. The third-order valence-corrected chi connectivity index (χ3v) is 4.88. The average Bonchev–Trinajstić information content (AvgIpc) is 3.05. The number of β-amino-alcohol motifs (C(OH)–C–C–N with tert-alkyl or cyclic N) is 1. The van der Waals surface area contributed by atoms with E-state index in [0.29, 0.717) is 12.6 Å². The molecule has 3 rings (SSSR count). The van der Waals surface area contributed by atoms with Crippen LogP contribution in [-0.2, 0) is 0 Å². The van der Waals surface area contributed by atoms with E-state index >= 15 is 0 Å². The first-order valence-electron chi connectivity index (χ1n) is 8.17. The lowest BCUT2D eigenvalue weighted by atomic mass is 10.00. The van der Waals surface area contributed by atoms with E-state index in [1.165, 1.54) is 17.7 Å². The summed E-state index contributed by atoms with van der Waals surface area (Å²) in [5, 5.41) is 18.0. The van der Waals surface area contributed by atoms with Gasteiger partial charge in [0.05, 0.1) is 11.8 Å². The number of nitrogens with zero attached hydrogens (tertiary/aromatic N) is 2. The molecule has 0 amide bonds. The average molecular weight is 317 g/mol. The Bertz CT molecular complexity index is 678. The standard InChI is InChI=1S/C18H24FN3O/c1-11-9-14(19)6-7-15(11)17(23)10-22-8-4-5-16(22)18-12(2)20-21-13(18)3/h6-7,9,16-17,23H,4-5,8,10H2,1-3H3,(H,20,21). The highest BCUT2D eigenvalue weighted by Gasteiger charge is 2.31. The summed E-state index contributed by atoms with van der Waals surface area (Å²) in [6.45, 7) is 7.43. The first kappa shape index (κ1) is 16.1. The maximum Gasteiger partial charge on any atom is 0.123 e. The molecule has 124 valence electrons. The molecule has 1 aromatic carbocycles. The molecule has 1 aliphatic heterocycles. The predicted octanol–water partition coefficient (Wildman–Crippen LogP) is 3.34. The van der Waals surface area contributed by atoms with Crippen molar-refractivity contribution in [3.8, 4) is 0 Å². The summed E-state index contributed by atoms with van der Waals surface area (Å²) in [4.78, 5) is 2.32. The topological polar surface area (TPSA) is 52.1 Å². The number of aryl methyl sites for hydroxylation is 3. The Balaban J connectivity index is 1.78. The SMILES string of the molecule is Cc1cc(F)ccc1C(O)CN1CCCC1c1c(C)n[nH]c1C. The van der Waals surface area contributed by atoms with Crippen molar-refractivity contribution >= 4 is 0 Å². The number of aliphatic hydroxyl groups excluding tert-OH is 1. The van der Waals surface area contributed by atoms with E-state index in [1.807, 2.05) is 20.8 Å². The second-order valence-electron chi connectivity index (χ2n) is 6.52. The molecule has 0 aliphatic carbocycles. The zero-order valence-corrected chi connectivity index (χ0v) is 13.9. The Morgan fingerprint density at radius 3 is 2.83 bits per heavy atom. The molecule has 1 aromatic heterocycles. The van der Waals surface area contributed by atoms with Crippen molar-refractivity contribution in [3.63, 3.8) is 0 Å². The minimum Gasteiger partial charge on any atom is -0.387 e. The van der Waals surface area contributed by atoms with Crippen molar-refractivity contribution in [2.75, 3.05) is 13.1 Å². The molecular weight excluding hydrogens is 293 g/mol. The van der Waals surface area contributed by atoms with Gasteiger partial charge in [-0.15, -0.1) is 0 Å². The van der Waals surface area contributed by atoms with Crippen LogP contribution in [0, 0.1) is 26.6 Å². The summed E-state index contributed by atoms with van der Waals surface area (Å²) in [5.74, 6) is -0.262. The zero-order valence-electron chi connectivity index (χ0n) is 13.9. The highest BCUT2D eigenvalue weighted by atomic mass is 19.1. The smallest absolute Gasteiger partial charge is 0.123 e. The van der Waals surface area contributed by atoms with Gasteiger partial charge in [0.15, 0.2) is 0 Å². The highest BCUT2D eigenvalue weighted by Crippen LogP contribution is 2.36. The van der Waals surface area contributed by atoms with Crippen molar-refractivity contribution in [1.82, 2.24) is 15.1 Å². The van der Waals surface area contributed by atoms with Gasteiger partial charge < -0.3 is 5.11 Å². The van der Waals surface area contributed by atoms with Crippen LogP contribution >= 0.6 is 0 Å². The fraction of sp³-hybridized carbons (Fsp3) is 0.500. The van der Waals surface area contributed by atoms with Crippen LogP contribution in [0.5, 0.6) is 0 Å².